The van der Waals surface area contributed by atoms with E-state index in [9.17, 15) is 0 Å². The molecule has 0 amide bonds. The highest BCUT2D eigenvalue weighted by Gasteiger charge is 2.20. The summed E-state index contributed by atoms with van der Waals surface area (Å²) in [6.07, 6.45) is 0. The number of rotatable bonds is 3. The molecule has 9 aromatic carbocycles. The van der Waals surface area contributed by atoms with Crippen LogP contribution < -0.4 is 0 Å². The van der Waals surface area contributed by atoms with Gasteiger partial charge in [0.2, 0.25) is 0 Å². The highest BCUT2D eigenvalue weighted by molar-refractivity contribution is 6.25. The number of furan rings is 1. The maximum atomic E-state index is 6.48. The molecule has 0 unspecified atom stereocenters. The second-order valence-corrected chi connectivity index (χ2v) is 12.5. The summed E-state index contributed by atoms with van der Waals surface area (Å²) in [5, 5.41) is 12.2. The van der Waals surface area contributed by atoms with Crippen LogP contribution in [0.4, 0.5) is 0 Å². The summed E-state index contributed by atoms with van der Waals surface area (Å²) in [7, 11) is 0. The van der Waals surface area contributed by atoms with Crippen molar-refractivity contribution >= 4 is 65.0 Å². The molecule has 0 aliphatic heterocycles. The Morgan fingerprint density at radius 3 is 1.66 bits per heavy atom. The first-order valence-corrected chi connectivity index (χ1v) is 16.2. The molecule has 10 rings (SSSR count). The Balaban J connectivity index is 1.29. The van der Waals surface area contributed by atoms with E-state index in [0.717, 1.165) is 21.9 Å². The molecule has 47 heavy (non-hydrogen) atoms. The van der Waals surface area contributed by atoms with Gasteiger partial charge < -0.3 is 4.42 Å². The van der Waals surface area contributed by atoms with Crippen LogP contribution in [-0.4, -0.2) is 0 Å². The summed E-state index contributed by atoms with van der Waals surface area (Å²) in [5.41, 5.74) is 9.18. The SMILES string of the molecule is c1ccc2cc(-c3c4ccccc4c(-c4ccc(-c5cccc6ccccc56)cc4)c4cc5c(cc34)oc3ccccc35)ccc2c1. The van der Waals surface area contributed by atoms with Crippen molar-refractivity contribution < 1.29 is 4.42 Å². The lowest BCUT2D eigenvalue weighted by Crippen LogP contribution is -1.91. The Hall–Kier alpha value is -6.18. The van der Waals surface area contributed by atoms with Crippen LogP contribution in [0.1, 0.15) is 0 Å². The highest BCUT2D eigenvalue weighted by Crippen LogP contribution is 2.46. The largest absolute Gasteiger partial charge is 0.456 e. The Morgan fingerprint density at radius 1 is 0.277 bits per heavy atom. The van der Waals surface area contributed by atoms with Crippen LogP contribution in [0, 0.1) is 0 Å². The molecular formula is C46H28O. The third kappa shape index (κ3) is 4.03. The molecule has 1 aromatic heterocycles. The van der Waals surface area contributed by atoms with Gasteiger partial charge in [-0.1, -0.05) is 146 Å². The van der Waals surface area contributed by atoms with Crippen LogP contribution in [0.5, 0.6) is 0 Å². The molecule has 0 aliphatic carbocycles. The maximum absolute atomic E-state index is 6.48. The van der Waals surface area contributed by atoms with Crippen LogP contribution in [-0.2, 0) is 0 Å². The average Bonchev–Trinajstić information content (AvgIpc) is 3.50. The maximum Gasteiger partial charge on any atom is 0.136 e. The van der Waals surface area contributed by atoms with E-state index < -0.39 is 0 Å². The van der Waals surface area contributed by atoms with Gasteiger partial charge in [-0.15, -0.1) is 0 Å². The minimum Gasteiger partial charge on any atom is -0.456 e. The minimum absolute atomic E-state index is 0.910. The summed E-state index contributed by atoms with van der Waals surface area (Å²) in [6.45, 7) is 0. The Bertz CT molecular complexity index is 2830. The average molecular weight is 597 g/mol. The molecular weight excluding hydrogens is 569 g/mol. The fraction of sp³-hybridized carbons (Fsp3) is 0. The quantitative estimate of drug-likeness (QED) is 0.185. The van der Waals surface area contributed by atoms with Crippen LogP contribution in [0.25, 0.3) is 98.4 Å². The van der Waals surface area contributed by atoms with Gasteiger partial charge in [0, 0.05) is 10.8 Å². The summed E-state index contributed by atoms with van der Waals surface area (Å²) in [5.74, 6) is 0. The molecule has 0 saturated heterocycles. The zero-order valence-electron chi connectivity index (χ0n) is 25.6. The zero-order chi connectivity index (χ0) is 30.9. The normalized spacial score (nSPS) is 11.8. The number of fused-ring (bicyclic) bond motifs is 7. The van der Waals surface area contributed by atoms with Crippen molar-refractivity contribution in [3.63, 3.8) is 0 Å². The number of para-hydroxylation sites is 1. The first-order valence-electron chi connectivity index (χ1n) is 16.2. The second kappa shape index (κ2) is 10.2. The Kier molecular flexibility index (Phi) is 5.64. The molecule has 0 N–H and O–H groups in total. The number of hydrogen-bond acceptors (Lipinski definition) is 1. The molecule has 0 atom stereocenters. The molecule has 1 heteroatoms. The lowest BCUT2D eigenvalue weighted by Gasteiger charge is -2.18. The van der Waals surface area contributed by atoms with Gasteiger partial charge in [0.05, 0.1) is 0 Å². The number of hydrogen-bond donors (Lipinski definition) is 0. The predicted molar refractivity (Wildman–Crippen MR) is 200 cm³/mol. The van der Waals surface area contributed by atoms with Gasteiger partial charge in [-0.2, -0.15) is 0 Å². The third-order valence-corrected chi connectivity index (χ3v) is 9.83. The van der Waals surface area contributed by atoms with Crippen LogP contribution >= 0.6 is 0 Å². The van der Waals surface area contributed by atoms with Crippen molar-refractivity contribution in [1.29, 1.82) is 0 Å². The standard InChI is InChI=1S/C46H28O/c1-2-12-33-26-34(25-20-29(33)10-1)46-39-17-6-5-16-38(39)45(41-27-40-37-15-7-8-19-43(37)47-44(40)28-42(41)46)32-23-21-31(22-24-32)36-18-9-13-30-11-3-4-14-35(30)36/h1-28H. The van der Waals surface area contributed by atoms with E-state index in [0.29, 0.717) is 0 Å². The predicted octanol–water partition coefficient (Wildman–Crippen LogP) is 13.2. The highest BCUT2D eigenvalue weighted by atomic mass is 16.3. The van der Waals surface area contributed by atoms with Crippen molar-refractivity contribution in [3.8, 4) is 33.4 Å². The van der Waals surface area contributed by atoms with E-state index >= 15 is 0 Å². The Labute approximate surface area is 271 Å². The molecule has 1 nitrogen and oxygen atoms in total. The molecule has 218 valence electrons. The summed E-state index contributed by atoms with van der Waals surface area (Å²) < 4.78 is 6.48. The fourth-order valence-corrected chi connectivity index (χ4v) is 7.65. The van der Waals surface area contributed by atoms with E-state index in [1.807, 2.05) is 6.07 Å². The van der Waals surface area contributed by atoms with E-state index in [1.165, 1.54) is 76.5 Å². The van der Waals surface area contributed by atoms with Crippen molar-refractivity contribution in [1.82, 2.24) is 0 Å². The van der Waals surface area contributed by atoms with Gasteiger partial charge in [0.25, 0.3) is 0 Å². The topological polar surface area (TPSA) is 13.1 Å². The van der Waals surface area contributed by atoms with Gasteiger partial charge in [-0.3, -0.25) is 0 Å². The van der Waals surface area contributed by atoms with Crippen LogP contribution in [0.3, 0.4) is 0 Å². The van der Waals surface area contributed by atoms with E-state index in [1.54, 1.807) is 0 Å². The Morgan fingerprint density at radius 2 is 0.851 bits per heavy atom. The van der Waals surface area contributed by atoms with Crippen molar-refractivity contribution in [2.75, 3.05) is 0 Å². The summed E-state index contributed by atoms with van der Waals surface area (Å²) >= 11 is 0. The third-order valence-electron chi connectivity index (χ3n) is 9.83. The molecule has 0 saturated carbocycles. The molecule has 0 spiro atoms. The molecule has 1 heterocycles. The van der Waals surface area contributed by atoms with Gasteiger partial charge in [0.1, 0.15) is 11.2 Å². The number of benzene rings is 9. The molecule has 0 bridgehead atoms. The van der Waals surface area contributed by atoms with E-state index in [4.69, 9.17) is 4.42 Å². The van der Waals surface area contributed by atoms with Gasteiger partial charge in [0.15, 0.2) is 0 Å². The molecule has 0 aliphatic rings. The smallest absolute Gasteiger partial charge is 0.136 e. The monoisotopic (exact) mass is 596 g/mol. The van der Waals surface area contributed by atoms with Gasteiger partial charge >= 0.3 is 0 Å². The van der Waals surface area contributed by atoms with E-state index in [2.05, 4.69) is 164 Å². The van der Waals surface area contributed by atoms with Crippen LogP contribution in [0.2, 0.25) is 0 Å². The second-order valence-electron chi connectivity index (χ2n) is 12.5. The lowest BCUT2D eigenvalue weighted by atomic mass is 9.84. The van der Waals surface area contributed by atoms with Crippen molar-refractivity contribution in [2.45, 2.75) is 0 Å². The molecule has 0 fully saturated rings. The molecule has 10 aromatic rings. The van der Waals surface area contributed by atoms with Crippen molar-refractivity contribution in [3.05, 3.63) is 170 Å². The zero-order valence-corrected chi connectivity index (χ0v) is 25.6. The van der Waals surface area contributed by atoms with Gasteiger partial charge in [-0.05, 0) is 101 Å². The first kappa shape index (κ1) is 26.1. The first-order chi connectivity index (χ1) is 23.3. The lowest BCUT2D eigenvalue weighted by molar-refractivity contribution is 0.669. The molecule has 0 radical (unpaired) electrons. The fourth-order valence-electron chi connectivity index (χ4n) is 7.65. The van der Waals surface area contributed by atoms with Crippen molar-refractivity contribution in [2.24, 2.45) is 0 Å². The van der Waals surface area contributed by atoms with Crippen LogP contribution in [0.15, 0.2) is 174 Å². The van der Waals surface area contributed by atoms with E-state index in [-0.39, 0.29) is 0 Å². The van der Waals surface area contributed by atoms with Gasteiger partial charge in [-0.25, -0.2) is 0 Å². The minimum atomic E-state index is 0.910. The summed E-state index contributed by atoms with van der Waals surface area (Å²) in [4.78, 5) is 0. The summed E-state index contributed by atoms with van der Waals surface area (Å²) in [6, 6.07) is 61.7.